The third-order valence-electron chi connectivity index (χ3n) is 5.72. The minimum atomic E-state index is -2.76. The predicted molar refractivity (Wildman–Crippen MR) is 118 cm³/mol. The van der Waals surface area contributed by atoms with Crippen molar-refractivity contribution >= 4 is 30.4 Å². The Morgan fingerprint density at radius 2 is 1.44 bits per heavy atom. The Morgan fingerprint density at radius 1 is 0.889 bits per heavy atom. The van der Waals surface area contributed by atoms with Gasteiger partial charge in [0.05, 0.1) is 0 Å². The van der Waals surface area contributed by atoms with Crippen molar-refractivity contribution in [2.24, 2.45) is 0 Å². The number of carbonyl (C=O) groups excluding carboxylic acids is 1. The molecule has 0 saturated carbocycles. The number of hydrogen-bond donors (Lipinski definition) is 0. The first-order chi connectivity index (χ1) is 13.2. The summed E-state index contributed by atoms with van der Waals surface area (Å²) in [5.41, 5.74) is 2.36. The van der Waals surface area contributed by atoms with Crippen molar-refractivity contribution in [1.29, 1.82) is 0 Å². The van der Waals surface area contributed by atoms with Crippen molar-refractivity contribution < 1.29 is 9.53 Å². The van der Waals surface area contributed by atoms with E-state index in [1.807, 2.05) is 6.07 Å². The van der Waals surface area contributed by atoms with Crippen molar-refractivity contribution in [3.05, 3.63) is 51.1 Å². The second kappa shape index (κ2) is 11.7. The first kappa shape index (κ1) is 22.3. The fourth-order valence-corrected chi connectivity index (χ4v) is 21.1. The number of hydrogen-bond acceptors (Lipinski definition) is 2. The molecule has 0 spiro atoms. The Balaban J connectivity index is 2.42. The summed E-state index contributed by atoms with van der Waals surface area (Å²) in [5.74, 6) is 0.0156. The van der Waals surface area contributed by atoms with Crippen molar-refractivity contribution in [3.8, 4) is 0 Å². The number of esters is 1. The Hall–Kier alpha value is -1.03. The number of cyclic esters (lactones) is 1. The zero-order chi connectivity index (χ0) is 19.5. The van der Waals surface area contributed by atoms with Gasteiger partial charge >= 0.3 is 170 Å². The molecule has 27 heavy (non-hydrogen) atoms. The summed E-state index contributed by atoms with van der Waals surface area (Å²) in [4.78, 5) is 12.9. The van der Waals surface area contributed by atoms with E-state index in [9.17, 15) is 4.79 Å². The molecule has 0 bridgehead atoms. The van der Waals surface area contributed by atoms with E-state index in [0.29, 0.717) is 6.61 Å². The van der Waals surface area contributed by atoms with E-state index in [0.717, 1.165) is 0 Å². The molecule has 148 valence electrons. The summed E-state index contributed by atoms with van der Waals surface area (Å²) in [6, 6.07) is 10.4. The van der Waals surface area contributed by atoms with Crippen LogP contribution in [0.15, 0.2) is 45.6 Å². The van der Waals surface area contributed by atoms with Crippen LogP contribution in [0.5, 0.6) is 0 Å². The Kier molecular flexibility index (Phi) is 9.67. The molecule has 0 N–H and O–H groups in total. The molecule has 0 aliphatic carbocycles. The average Bonchev–Trinajstić information content (AvgIpc) is 3.08. The standard InChI is InChI=1S/C12H9O2.3C4H9.Sn/c13-12-8-11(9-14-12)7-6-10-4-2-1-3-5-10;3*1-3-4-2;/h1-7H,9H2;3*1,3-4H2,2H3;/b7-6+;;;;. The second-order valence-corrected chi connectivity index (χ2v) is 20.8. The summed E-state index contributed by atoms with van der Waals surface area (Å²) >= 11 is -2.76. The molecule has 0 fully saturated rings. The number of ether oxygens (including phenoxy) is 1. The second-order valence-electron chi connectivity index (χ2n) is 7.81. The van der Waals surface area contributed by atoms with Gasteiger partial charge in [0.2, 0.25) is 0 Å². The zero-order valence-electron chi connectivity index (χ0n) is 17.4. The van der Waals surface area contributed by atoms with Crippen molar-refractivity contribution in [2.45, 2.75) is 72.6 Å². The van der Waals surface area contributed by atoms with Gasteiger partial charge in [0.15, 0.2) is 0 Å². The summed E-state index contributed by atoms with van der Waals surface area (Å²) < 4.78 is 10.7. The third kappa shape index (κ3) is 6.23. The predicted octanol–water partition coefficient (Wildman–Crippen LogP) is 6.94. The molecule has 0 aromatic heterocycles. The normalized spacial score (nSPS) is 15.0. The van der Waals surface area contributed by atoms with Gasteiger partial charge in [-0.1, -0.05) is 0 Å². The molecule has 3 heteroatoms. The molecule has 1 aromatic carbocycles. The van der Waals surface area contributed by atoms with Gasteiger partial charge in [0, 0.05) is 0 Å². The molecule has 1 aliphatic heterocycles. The monoisotopic (exact) mass is 476 g/mol. The molecule has 1 aromatic rings. The van der Waals surface area contributed by atoms with E-state index >= 15 is 0 Å². The van der Waals surface area contributed by atoms with Crippen LogP contribution in [0.25, 0.3) is 6.08 Å². The van der Waals surface area contributed by atoms with Crippen molar-refractivity contribution in [2.75, 3.05) is 6.61 Å². The molecular formula is C24H36O2Sn. The van der Waals surface area contributed by atoms with E-state index in [2.05, 4.69) is 57.2 Å². The van der Waals surface area contributed by atoms with Crippen LogP contribution < -0.4 is 0 Å². The maximum atomic E-state index is 12.9. The van der Waals surface area contributed by atoms with Gasteiger partial charge in [-0.15, -0.1) is 0 Å². The van der Waals surface area contributed by atoms with Crippen LogP contribution in [0.2, 0.25) is 13.3 Å². The SMILES string of the molecule is CCC[CH2][Sn]([CH2]CCC)([CH2]CCC)[C]1=C(/C=C/c2ccccc2)COC1=O. The van der Waals surface area contributed by atoms with Crippen molar-refractivity contribution in [3.63, 3.8) is 0 Å². The van der Waals surface area contributed by atoms with Gasteiger partial charge in [0.1, 0.15) is 0 Å². The molecular weight excluding hydrogens is 439 g/mol. The van der Waals surface area contributed by atoms with E-state index in [1.165, 1.54) is 66.6 Å². The molecule has 0 saturated heterocycles. The maximum absolute atomic E-state index is 12.9. The van der Waals surface area contributed by atoms with Crippen LogP contribution in [0.1, 0.15) is 64.9 Å². The van der Waals surface area contributed by atoms with Gasteiger partial charge in [-0.2, -0.15) is 0 Å². The van der Waals surface area contributed by atoms with Crippen LogP contribution in [-0.2, 0) is 9.53 Å². The molecule has 0 unspecified atom stereocenters. The first-order valence-electron chi connectivity index (χ1n) is 10.8. The Bertz CT molecular complexity index is 624. The fourth-order valence-electron chi connectivity index (χ4n) is 4.16. The fraction of sp³-hybridized carbons (Fsp3) is 0.542. The molecule has 1 aliphatic rings. The van der Waals surface area contributed by atoms with Gasteiger partial charge in [-0.05, 0) is 0 Å². The van der Waals surface area contributed by atoms with Gasteiger partial charge in [-0.3, -0.25) is 0 Å². The first-order valence-corrected chi connectivity index (χ1v) is 18.3. The van der Waals surface area contributed by atoms with Gasteiger partial charge in [-0.25, -0.2) is 0 Å². The van der Waals surface area contributed by atoms with E-state index < -0.39 is 18.4 Å². The molecule has 0 amide bonds. The minimum absolute atomic E-state index is 0.0156. The van der Waals surface area contributed by atoms with Crippen LogP contribution in [0.3, 0.4) is 0 Å². The summed E-state index contributed by atoms with van der Waals surface area (Å²) in [6.45, 7) is 7.29. The average molecular weight is 475 g/mol. The van der Waals surface area contributed by atoms with E-state index in [4.69, 9.17) is 4.74 Å². The summed E-state index contributed by atoms with van der Waals surface area (Å²) in [6.07, 6.45) is 11.7. The van der Waals surface area contributed by atoms with Crippen LogP contribution in [-0.4, -0.2) is 31.0 Å². The molecule has 0 atom stereocenters. The summed E-state index contributed by atoms with van der Waals surface area (Å²) in [5, 5.41) is 0. The van der Waals surface area contributed by atoms with Crippen LogP contribution >= 0.6 is 0 Å². The molecule has 2 nitrogen and oxygen atoms in total. The Morgan fingerprint density at radius 3 is 1.96 bits per heavy atom. The molecule has 2 rings (SSSR count). The molecule has 1 heterocycles. The van der Waals surface area contributed by atoms with Gasteiger partial charge in [0.25, 0.3) is 0 Å². The Labute approximate surface area is 170 Å². The summed E-state index contributed by atoms with van der Waals surface area (Å²) in [7, 11) is 0. The van der Waals surface area contributed by atoms with Crippen LogP contribution in [0.4, 0.5) is 0 Å². The number of rotatable bonds is 12. The zero-order valence-corrected chi connectivity index (χ0v) is 20.3. The number of unbranched alkanes of at least 4 members (excludes halogenated alkanes) is 3. The van der Waals surface area contributed by atoms with Crippen LogP contribution in [0, 0.1) is 0 Å². The topological polar surface area (TPSA) is 26.3 Å². The quantitative estimate of drug-likeness (QED) is 0.242. The van der Waals surface area contributed by atoms with E-state index in [1.54, 1.807) is 0 Å². The third-order valence-corrected chi connectivity index (χ3v) is 21.5. The van der Waals surface area contributed by atoms with Crippen molar-refractivity contribution in [1.82, 2.24) is 0 Å². The number of benzene rings is 1. The molecule has 0 radical (unpaired) electrons. The number of carbonyl (C=O) groups is 1. The van der Waals surface area contributed by atoms with E-state index in [-0.39, 0.29) is 5.97 Å². The van der Waals surface area contributed by atoms with Gasteiger partial charge < -0.3 is 0 Å².